The summed E-state index contributed by atoms with van der Waals surface area (Å²) in [6.07, 6.45) is -0.0566. The van der Waals surface area contributed by atoms with Gasteiger partial charge in [0, 0.05) is 27.6 Å². The molecule has 32 heavy (non-hydrogen) atoms. The molecule has 5 rings (SSSR count). The van der Waals surface area contributed by atoms with Crippen molar-refractivity contribution in [3.63, 3.8) is 0 Å². The highest BCUT2D eigenvalue weighted by Crippen LogP contribution is 2.52. The number of carbonyl (C=O) groups is 2. The summed E-state index contributed by atoms with van der Waals surface area (Å²) in [4.78, 5) is 28.4. The van der Waals surface area contributed by atoms with Gasteiger partial charge < -0.3 is 10.2 Å². The quantitative estimate of drug-likeness (QED) is 0.497. The van der Waals surface area contributed by atoms with Gasteiger partial charge in [-0.25, -0.2) is 4.68 Å². The molecule has 0 fully saturated rings. The lowest BCUT2D eigenvalue weighted by molar-refractivity contribution is -0.126. The van der Waals surface area contributed by atoms with E-state index in [1.807, 2.05) is 25.1 Å². The van der Waals surface area contributed by atoms with E-state index in [0.717, 1.165) is 11.3 Å². The van der Waals surface area contributed by atoms with Gasteiger partial charge in [-0.15, -0.1) is 5.10 Å². The van der Waals surface area contributed by atoms with Crippen LogP contribution in [0.3, 0.4) is 0 Å². The smallest absolute Gasteiger partial charge is 0.244 e. The van der Waals surface area contributed by atoms with E-state index in [1.165, 1.54) is 0 Å². The third kappa shape index (κ3) is 3.08. The van der Waals surface area contributed by atoms with Crippen LogP contribution in [0.5, 0.6) is 0 Å². The van der Waals surface area contributed by atoms with E-state index in [1.54, 1.807) is 33.8 Å². The van der Waals surface area contributed by atoms with Crippen LogP contribution in [0.4, 0.5) is 11.5 Å². The third-order valence-electron chi connectivity index (χ3n) is 6.13. The normalized spacial score (nSPS) is 20.3. The molecular formula is C22H18BrCl2N5O2. The zero-order valence-electron chi connectivity index (χ0n) is 17.0. The molecule has 10 heteroatoms. The number of nitrogens with one attached hydrogen (secondary N) is 1. The topological polar surface area (TPSA) is 80.1 Å². The van der Waals surface area contributed by atoms with Crippen molar-refractivity contribution in [1.29, 1.82) is 0 Å². The molecule has 1 spiro atoms. The highest BCUT2D eigenvalue weighted by atomic mass is 79.9. The van der Waals surface area contributed by atoms with Gasteiger partial charge >= 0.3 is 0 Å². The van der Waals surface area contributed by atoms with Crippen molar-refractivity contribution in [3.8, 4) is 0 Å². The molecule has 1 unspecified atom stereocenters. The van der Waals surface area contributed by atoms with Crippen LogP contribution in [-0.4, -0.2) is 38.7 Å². The van der Waals surface area contributed by atoms with Crippen LogP contribution in [0.1, 0.15) is 36.2 Å². The minimum Gasteiger partial charge on any atom is -0.310 e. The molecule has 2 aliphatic rings. The van der Waals surface area contributed by atoms with Crippen molar-refractivity contribution in [3.05, 3.63) is 69.3 Å². The van der Waals surface area contributed by atoms with Gasteiger partial charge in [0.1, 0.15) is 11.1 Å². The number of anilines is 2. The molecular weight excluding hydrogens is 517 g/mol. The van der Waals surface area contributed by atoms with Gasteiger partial charge in [-0.3, -0.25) is 9.59 Å². The highest BCUT2D eigenvalue weighted by molar-refractivity contribution is 9.09. The van der Waals surface area contributed by atoms with Gasteiger partial charge in [-0.2, -0.15) is 0 Å². The van der Waals surface area contributed by atoms with Crippen molar-refractivity contribution in [2.75, 3.05) is 22.1 Å². The highest BCUT2D eigenvalue weighted by Gasteiger charge is 2.58. The number of hydrogen-bond acceptors (Lipinski definition) is 4. The number of halogens is 3. The van der Waals surface area contributed by atoms with Crippen LogP contribution in [0.15, 0.2) is 42.5 Å². The molecule has 0 saturated heterocycles. The second-order valence-electron chi connectivity index (χ2n) is 7.90. The van der Waals surface area contributed by atoms with Crippen LogP contribution in [0.2, 0.25) is 10.0 Å². The van der Waals surface area contributed by atoms with E-state index in [0.29, 0.717) is 39.0 Å². The average molecular weight is 535 g/mol. The molecule has 1 N–H and O–H groups in total. The summed E-state index contributed by atoms with van der Waals surface area (Å²) >= 11 is 15.8. The standard InChI is InChI=1S/C22H18BrCl2N5O2/c1-12(13-2-4-14(24)5-3-13)30-20-19(27-28-30)22(11-18(31)26-20)16-10-15(25)6-7-17(16)29(9-8-23)21(22)32/h2-7,10,12H,8-9,11H2,1H3,(H,26,31)/t12?,22-/m1/s1. The van der Waals surface area contributed by atoms with Gasteiger partial charge in [0.2, 0.25) is 11.8 Å². The molecule has 1 aromatic heterocycles. The van der Waals surface area contributed by atoms with E-state index < -0.39 is 5.41 Å². The number of alkyl halides is 1. The summed E-state index contributed by atoms with van der Waals surface area (Å²) in [5.41, 5.74) is 1.53. The van der Waals surface area contributed by atoms with Gasteiger partial charge in [0.15, 0.2) is 5.82 Å². The lowest BCUT2D eigenvalue weighted by Crippen LogP contribution is -2.47. The van der Waals surface area contributed by atoms with Crippen LogP contribution in [0, 0.1) is 0 Å². The Bertz CT molecular complexity index is 1250. The number of rotatable bonds is 4. The van der Waals surface area contributed by atoms with E-state index in [2.05, 4.69) is 31.6 Å². The fraction of sp³-hybridized carbons (Fsp3) is 0.273. The van der Waals surface area contributed by atoms with Crippen molar-refractivity contribution < 1.29 is 9.59 Å². The van der Waals surface area contributed by atoms with Crippen molar-refractivity contribution in [1.82, 2.24) is 15.0 Å². The maximum atomic E-state index is 13.8. The van der Waals surface area contributed by atoms with E-state index >= 15 is 0 Å². The fourth-order valence-electron chi connectivity index (χ4n) is 4.60. The Morgan fingerprint density at radius 2 is 1.88 bits per heavy atom. The minimum atomic E-state index is -1.27. The number of fused-ring (bicyclic) bond motifs is 4. The average Bonchev–Trinajstić information content (AvgIpc) is 3.28. The lowest BCUT2D eigenvalue weighted by atomic mass is 9.73. The van der Waals surface area contributed by atoms with Gasteiger partial charge in [-0.05, 0) is 48.4 Å². The van der Waals surface area contributed by atoms with Gasteiger partial charge in [-0.1, -0.05) is 56.5 Å². The largest absolute Gasteiger partial charge is 0.310 e. The third-order valence-corrected chi connectivity index (χ3v) is 6.97. The second kappa shape index (κ2) is 7.86. The number of carbonyl (C=O) groups excluding carboxylic acids is 2. The summed E-state index contributed by atoms with van der Waals surface area (Å²) in [6.45, 7) is 2.41. The summed E-state index contributed by atoms with van der Waals surface area (Å²) in [7, 11) is 0. The number of benzene rings is 2. The lowest BCUT2D eigenvalue weighted by Gasteiger charge is -2.31. The number of nitrogens with zero attached hydrogens (tertiary/aromatic N) is 4. The summed E-state index contributed by atoms with van der Waals surface area (Å²) < 4.78 is 1.64. The summed E-state index contributed by atoms with van der Waals surface area (Å²) in [6, 6.07) is 12.5. The Morgan fingerprint density at radius 3 is 2.59 bits per heavy atom. The Kier molecular flexibility index (Phi) is 5.27. The zero-order chi connectivity index (χ0) is 22.6. The Morgan fingerprint density at radius 1 is 1.16 bits per heavy atom. The van der Waals surface area contributed by atoms with Crippen molar-refractivity contribution in [2.24, 2.45) is 0 Å². The van der Waals surface area contributed by atoms with E-state index in [-0.39, 0.29) is 24.3 Å². The first-order chi connectivity index (χ1) is 15.4. The maximum Gasteiger partial charge on any atom is 0.244 e. The first kappa shape index (κ1) is 21.4. The van der Waals surface area contributed by atoms with Crippen LogP contribution in [-0.2, 0) is 15.0 Å². The molecule has 2 amide bonds. The molecule has 0 saturated carbocycles. The molecule has 0 radical (unpaired) electrons. The Hall–Kier alpha value is -2.42. The molecule has 164 valence electrons. The van der Waals surface area contributed by atoms with Gasteiger partial charge in [0.25, 0.3) is 0 Å². The molecule has 0 bridgehead atoms. The molecule has 0 aliphatic carbocycles. The number of aromatic nitrogens is 3. The Labute approximate surface area is 202 Å². The maximum absolute atomic E-state index is 13.8. The molecule has 2 atom stereocenters. The van der Waals surface area contributed by atoms with E-state index in [9.17, 15) is 9.59 Å². The van der Waals surface area contributed by atoms with Crippen LogP contribution >= 0.6 is 39.1 Å². The van der Waals surface area contributed by atoms with Crippen molar-refractivity contribution in [2.45, 2.75) is 24.8 Å². The van der Waals surface area contributed by atoms with Gasteiger partial charge in [0.05, 0.1) is 12.5 Å². The second-order valence-corrected chi connectivity index (χ2v) is 9.56. The monoisotopic (exact) mass is 533 g/mol. The van der Waals surface area contributed by atoms with Crippen molar-refractivity contribution >= 4 is 62.5 Å². The van der Waals surface area contributed by atoms with E-state index in [4.69, 9.17) is 23.2 Å². The molecule has 3 aromatic rings. The fourth-order valence-corrected chi connectivity index (χ4v) is 5.25. The van der Waals surface area contributed by atoms with Crippen LogP contribution in [0.25, 0.3) is 0 Å². The summed E-state index contributed by atoms with van der Waals surface area (Å²) in [5, 5.41) is 13.4. The SMILES string of the molecule is CC(c1ccc(Cl)cc1)n1nnc2c1NC(=O)C[C@]21C(=O)N(CCBr)c2ccc(Cl)cc21. The predicted molar refractivity (Wildman–Crippen MR) is 127 cm³/mol. The molecule has 2 aromatic carbocycles. The first-order valence-electron chi connectivity index (χ1n) is 10.1. The minimum absolute atomic E-state index is 0.0566. The zero-order valence-corrected chi connectivity index (χ0v) is 20.1. The molecule has 3 heterocycles. The first-order valence-corrected chi connectivity index (χ1v) is 11.9. The molecule has 2 aliphatic heterocycles. The number of amides is 2. The van der Waals surface area contributed by atoms with Crippen LogP contribution < -0.4 is 10.2 Å². The summed E-state index contributed by atoms with van der Waals surface area (Å²) in [5.74, 6) is -0.0514. The number of hydrogen-bond donors (Lipinski definition) is 1. The molecule has 7 nitrogen and oxygen atoms in total. The Balaban J connectivity index is 1.69. The predicted octanol–water partition coefficient (Wildman–Crippen LogP) is 4.56.